The van der Waals surface area contributed by atoms with Crippen molar-refractivity contribution in [2.24, 2.45) is 0 Å². The molecule has 0 aliphatic carbocycles. The Bertz CT molecular complexity index is 2720. The number of hydrogen-bond acceptors (Lipinski definition) is 8. The van der Waals surface area contributed by atoms with E-state index in [1.165, 1.54) is 0 Å². The van der Waals surface area contributed by atoms with Gasteiger partial charge >= 0.3 is 0 Å². The summed E-state index contributed by atoms with van der Waals surface area (Å²) < 4.78 is 7.21. The van der Waals surface area contributed by atoms with Crippen LogP contribution in [0.25, 0.3) is 32.3 Å². The fourth-order valence-electron chi connectivity index (χ4n) is 7.49. The van der Waals surface area contributed by atoms with Crippen molar-refractivity contribution in [2.75, 3.05) is 7.05 Å². The zero-order chi connectivity index (χ0) is 46.0. The molecule has 328 valence electrons. The molecule has 4 heterocycles. The molecule has 0 radical (unpaired) electrons. The van der Waals surface area contributed by atoms with Crippen molar-refractivity contribution >= 4 is 32.3 Å². The van der Waals surface area contributed by atoms with Gasteiger partial charge in [0.2, 0.25) is 0 Å². The molecule has 7 aromatic rings. The average molecular weight is 849 g/mol. The van der Waals surface area contributed by atoms with Gasteiger partial charge in [0.1, 0.15) is 13.1 Å². The summed E-state index contributed by atoms with van der Waals surface area (Å²) in [5.74, 6) is -0.423. The quantitative estimate of drug-likeness (QED) is 0.0493. The first kappa shape index (κ1) is 46.5. The first-order valence-corrected chi connectivity index (χ1v) is 21.0. The second kappa shape index (κ2) is 18.6. The van der Waals surface area contributed by atoms with Gasteiger partial charge in [-0.3, -0.25) is 0 Å². The Morgan fingerprint density at radius 1 is 0.468 bits per heavy atom. The van der Waals surface area contributed by atoms with Crippen LogP contribution in [0.5, 0.6) is 46.0 Å². The van der Waals surface area contributed by atoms with Crippen molar-refractivity contribution in [3.63, 3.8) is 0 Å². The van der Waals surface area contributed by atoms with Crippen LogP contribution in [0.1, 0.15) is 95.9 Å². The Morgan fingerprint density at radius 3 is 1.37 bits per heavy atom. The van der Waals surface area contributed by atoms with Gasteiger partial charge in [-0.15, -0.1) is 0 Å². The van der Waals surface area contributed by atoms with Gasteiger partial charge in [0, 0.05) is 52.6 Å². The number of phenolic OH excluding ortho intramolecular Hbond substituents is 8. The maximum atomic E-state index is 9.67. The standard InChI is InChI=1S/2C13H15NO2.C12H17NO2.C12H13NO2/c1-8(2)14-7-11-6-13(16)12(15)5-10(11)4-9(14)3;1-8(2)14-5-4-10-6-12(15)13(16)9(3)11(10)7-14;1-8(2)13(3)6-9-4-11(14)12(15)5-10(9)7-13;1-8(2)13-4-3-9-5-11(14)12(15)6-10(9)7-13/h2*4-8,16H,1-3H3;4-5,8H,6-7H2,1-3H3,(H-,14,15);3-8,15H,1-2H3/p+4. The monoisotopic (exact) mass is 848 g/mol. The smallest absolute Gasteiger partial charge is 0.179 e. The van der Waals surface area contributed by atoms with E-state index in [0.29, 0.717) is 29.7 Å². The molecule has 0 saturated carbocycles. The molecule has 8 N–H and O–H groups in total. The van der Waals surface area contributed by atoms with E-state index in [1.54, 1.807) is 42.5 Å². The van der Waals surface area contributed by atoms with Crippen molar-refractivity contribution in [2.45, 2.75) is 106 Å². The average Bonchev–Trinajstić information content (AvgIpc) is 3.54. The van der Waals surface area contributed by atoms with Crippen LogP contribution in [0.4, 0.5) is 0 Å². The van der Waals surface area contributed by atoms with Crippen molar-refractivity contribution in [1.82, 2.24) is 0 Å². The minimum Gasteiger partial charge on any atom is -0.504 e. The number of fused-ring (bicyclic) bond motifs is 4. The van der Waals surface area contributed by atoms with Gasteiger partial charge in [-0.05, 0) is 121 Å². The molecule has 0 unspecified atom stereocenters. The molecule has 3 aromatic heterocycles. The van der Waals surface area contributed by atoms with Crippen LogP contribution in [0.3, 0.4) is 0 Å². The van der Waals surface area contributed by atoms with Gasteiger partial charge < -0.3 is 45.3 Å². The number of benzene rings is 4. The molecule has 1 aliphatic heterocycles. The lowest BCUT2D eigenvalue weighted by Gasteiger charge is -2.33. The fourth-order valence-corrected chi connectivity index (χ4v) is 7.49. The number of quaternary nitrogens is 1. The number of phenols is 8. The molecule has 0 bridgehead atoms. The lowest BCUT2D eigenvalue weighted by Crippen LogP contribution is -2.44. The zero-order valence-corrected chi connectivity index (χ0v) is 37.8. The molecular formula is C50H64N4O8+4. The van der Waals surface area contributed by atoms with Crippen LogP contribution in [0.15, 0.2) is 91.6 Å². The third-order valence-corrected chi connectivity index (χ3v) is 11.8. The van der Waals surface area contributed by atoms with Gasteiger partial charge in [-0.2, -0.15) is 0 Å². The number of aromatic hydroxyl groups is 8. The molecule has 62 heavy (non-hydrogen) atoms. The molecule has 0 saturated heterocycles. The summed E-state index contributed by atoms with van der Waals surface area (Å²) in [6, 6.07) is 18.8. The Hall–Kier alpha value is -6.53. The van der Waals surface area contributed by atoms with Crippen LogP contribution in [0.2, 0.25) is 0 Å². The highest BCUT2D eigenvalue weighted by Crippen LogP contribution is 2.38. The molecule has 0 amide bonds. The van der Waals surface area contributed by atoms with Crippen LogP contribution in [0, 0.1) is 13.8 Å². The maximum absolute atomic E-state index is 9.67. The largest absolute Gasteiger partial charge is 0.504 e. The summed E-state index contributed by atoms with van der Waals surface area (Å²) in [4.78, 5) is 0. The summed E-state index contributed by atoms with van der Waals surface area (Å²) in [5, 5.41) is 81.3. The molecule has 4 aromatic carbocycles. The van der Waals surface area contributed by atoms with E-state index >= 15 is 0 Å². The van der Waals surface area contributed by atoms with Crippen molar-refractivity contribution in [1.29, 1.82) is 0 Å². The van der Waals surface area contributed by atoms with E-state index in [2.05, 4.69) is 76.1 Å². The van der Waals surface area contributed by atoms with E-state index in [0.717, 1.165) is 66.7 Å². The lowest BCUT2D eigenvalue weighted by atomic mass is 10.1. The summed E-state index contributed by atoms with van der Waals surface area (Å²) in [6.45, 7) is 22.7. The van der Waals surface area contributed by atoms with Crippen LogP contribution in [-0.4, -0.2) is 58.4 Å². The van der Waals surface area contributed by atoms with Gasteiger partial charge in [0.05, 0.1) is 18.5 Å². The number of hydrogen-bond donors (Lipinski definition) is 8. The highest BCUT2D eigenvalue weighted by molar-refractivity contribution is 5.88. The lowest BCUT2D eigenvalue weighted by molar-refractivity contribution is -0.948. The maximum Gasteiger partial charge on any atom is 0.179 e. The van der Waals surface area contributed by atoms with E-state index < -0.39 is 0 Å². The van der Waals surface area contributed by atoms with Gasteiger partial charge in [0.25, 0.3) is 0 Å². The van der Waals surface area contributed by atoms with Crippen LogP contribution >= 0.6 is 0 Å². The van der Waals surface area contributed by atoms with E-state index in [9.17, 15) is 40.9 Å². The van der Waals surface area contributed by atoms with Crippen molar-refractivity contribution in [3.05, 3.63) is 114 Å². The topological polar surface area (TPSA) is 173 Å². The summed E-state index contributed by atoms with van der Waals surface area (Å²) in [5.41, 5.74) is 4.15. The number of aryl methyl sites for hydroxylation is 2. The van der Waals surface area contributed by atoms with E-state index in [-0.39, 0.29) is 46.0 Å². The second-order valence-electron chi connectivity index (χ2n) is 17.7. The Kier molecular flexibility index (Phi) is 14.0. The number of rotatable bonds is 4. The minimum atomic E-state index is -0.0796. The predicted octanol–water partition coefficient (Wildman–Crippen LogP) is 8.94. The first-order chi connectivity index (χ1) is 29.0. The fraction of sp³-hybridized carbons (Fsp3) is 0.340. The van der Waals surface area contributed by atoms with Crippen LogP contribution < -0.4 is 13.7 Å². The molecule has 0 spiro atoms. The van der Waals surface area contributed by atoms with Crippen molar-refractivity contribution < 1.29 is 59.0 Å². The second-order valence-corrected chi connectivity index (χ2v) is 17.7. The summed E-state index contributed by atoms with van der Waals surface area (Å²) in [7, 11) is 2.21. The Balaban J connectivity index is 0.000000156. The molecule has 0 fully saturated rings. The molecule has 12 nitrogen and oxygen atoms in total. The number of pyridine rings is 3. The Labute approximate surface area is 363 Å². The molecular weight excluding hydrogens is 785 g/mol. The summed E-state index contributed by atoms with van der Waals surface area (Å²) >= 11 is 0. The highest BCUT2D eigenvalue weighted by Gasteiger charge is 2.35. The third-order valence-electron chi connectivity index (χ3n) is 11.8. The van der Waals surface area contributed by atoms with Gasteiger partial charge in [-0.25, -0.2) is 13.7 Å². The zero-order valence-electron chi connectivity index (χ0n) is 37.8. The number of aromatic nitrogens is 3. The van der Waals surface area contributed by atoms with Gasteiger partial charge in [0.15, 0.2) is 101 Å². The highest BCUT2D eigenvalue weighted by atomic mass is 16.3. The molecule has 1 aliphatic rings. The summed E-state index contributed by atoms with van der Waals surface area (Å²) in [6.07, 6.45) is 9.88. The van der Waals surface area contributed by atoms with E-state index in [4.69, 9.17) is 0 Å². The van der Waals surface area contributed by atoms with Crippen LogP contribution in [-0.2, 0) is 13.1 Å². The van der Waals surface area contributed by atoms with Gasteiger partial charge in [-0.1, -0.05) is 0 Å². The normalized spacial score (nSPS) is 12.9. The van der Waals surface area contributed by atoms with Crippen molar-refractivity contribution in [3.8, 4) is 46.0 Å². The molecule has 8 rings (SSSR count). The predicted molar refractivity (Wildman–Crippen MR) is 242 cm³/mol. The number of nitrogens with zero attached hydrogens (tertiary/aromatic N) is 4. The third kappa shape index (κ3) is 10.3. The Morgan fingerprint density at radius 2 is 0.887 bits per heavy atom. The minimum absolute atomic E-state index is 0.00837. The SMILES string of the molecule is CC(C)[N+]1(C)Cc2cc(O)c(O)cc2C1.CC(C)[n+]1ccc2cc(O)c(O)cc2c1.Cc1c(O)c(O)cc2cc[n+](C(C)C)cc12.Cc1cc2cc(O)c(O)cc2c[n+]1C(C)C. The first-order valence-electron chi connectivity index (χ1n) is 21.0. The molecule has 0 atom stereocenters. The van der Waals surface area contributed by atoms with E-state index in [1.807, 2.05) is 63.0 Å². The molecule has 12 heteroatoms.